The van der Waals surface area contributed by atoms with E-state index in [4.69, 9.17) is 1.37 Å². The van der Waals surface area contributed by atoms with Gasteiger partial charge in [0.2, 0.25) is 6.30 Å². The van der Waals surface area contributed by atoms with E-state index in [1.54, 1.807) is 0 Å². The van der Waals surface area contributed by atoms with Gasteiger partial charge in [-0.25, -0.2) is 4.57 Å². The number of benzene rings is 2. The minimum absolute atomic E-state index is 0.437. The Hall–Kier alpha value is -2.35. The molecule has 1 aromatic heterocycles. The molecule has 0 atom stereocenters. The molecule has 4 rings (SSSR count). The van der Waals surface area contributed by atoms with Gasteiger partial charge < -0.3 is 0 Å². The highest BCUT2D eigenvalue weighted by Gasteiger charge is 2.30. The Kier molecular flexibility index (Phi) is 3.67. The van der Waals surface area contributed by atoms with E-state index in [-0.39, 0.29) is 0 Å². The largest absolute Gasteiger partial charge is 0.249 e. The van der Waals surface area contributed by atoms with Crippen LogP contribution in [0.5, 0.6) is 0 Å². The summed E-state index contributed by atoms with van der Waals surface area (Å²) < 4.78 is 13.4. The van der Waals surface area contributed by atoms with Crippen molar-refractivity contribution in [3.8, 4) is 16.9 Å². The fraction of sp³-hybridized carbons (Fsp3) is 0.318. The summed E-state index contributed by atoms with van der Waals surface area (Å²) in [5.74, 6) is 0. The molecule has 0 saturated heterocycles. The lowest BCUT2D eigenvalue weighted by atomic mass is 10.1. The van der Waals surface area contributed by atoms with E-state index in [1.165, 1.54) is 42.5 Å². The molecule has 1 aliphatic rings. The monoisotopic (exact) mass is 318 g/mol. The van der Waals surface area contributed by atoms with E-state index in [0.29, 0.717) is 12.3 Å². The molecule has 0 unspecified atom stereocenters. The van der Waals surface area contributed by atoms with E-state index < -0.39 is 0 Å². The van der Waals surface area contributed by atoms with Gasteiger partial charge in [0.1, 0.15) is 11.7 Å². The Labute approximate surface area is 145 Å². The summed E-state index contributed by atoms with van der Waals surface area (Å²) in [6, 6.07) is 19.3. The Balaban J connectivity index is 2.00. The van der Waals surface area contributed by atoms with E-state index in [2.05, 4.69) is 77.6 Å². The SMILES string of the molecule is [2H]c1n(C2CCCC2)c(-c2ccccc2)c(C)[n+]1-c1ccccc1C. The Morgan fingerprint density at radius 1 is 0.958 bits per heavy atom. The molecule has 1 aliphatic carbocycles. The van der Waals surface area contributed by atoms with Gasteiger partial charge in [-0.2, -0.15) is 4.57 Å². The third-order valence-corrected chi connectivity index (χ3v) is 5.22. The Morgan fingerprint density at radius 3 is 2.33 bits per heavy atom. The van der Waals surface area contributed by atoms with Crippen molar-refractivity contribution in [2.45, 2.75) is 45.6 Å². The minimum atomic E-state index is 0.437. The number of imidazole rings is 1. The van der Waals surface area contributed by atoms with Gasteiger partial charge in [-0.1, -0.05) is 48.5 Å². The topological polar surface area (TPSA) is 8.81 Å². The molecule has 1 fully saturated rings. The van der Waals surface area contributed by atoms with Crippen LogP contribution in [-0.2, 0) is 0 Å². The number of hydrogen-bond donors (Lipinski definition) is 0. The second-order valence-electron chi connectivity index (χ2n) is 6.83. The molecule has 1 saturated carbocycles. The first-order chi connectivity index (χ1) is 12.2. The van der Waals surface area contributed by atoms with Crippen LogP contribution in [0, 0.1) is 13.8 Å². The van der Waals surface area contributed by atoms with Crippen LogP contribution in [0.1, 0.15) is 44.4 Å². The first-order valence-corrected chi connectivity index (χ1v) is 8.93. The molecular weight excluding hydrogens is 292 g/mol. The zero-order valence-electron chi connectivity index (χ0n) is 15.5. The number of aromatic nitrogens is 2. The number of para-hydroxylation sites is 1. The van der Waals surface area contributed by atoms with E-state index >= 15 is 0 Å². The molecule has 2 nitrogen and oxygen atoms in total. The fourth-order valence-corrected chi connectivity index (χ4v) is 3.93. The van der Waals surface area contributed by atoms with Gasteiger partial charge in [0, 0.05) is 12.5 Å². The van der Waals surface area contributed by atoms with Crippen molar-refractivity contribution in [1.29, 1.82) is 0 Å². The first-order valence-electron chi connectivity index (χ1n) is 9.43. The Bertz CT molecular complexity index is 890. The van der Waals surface area contributed by atoms with Gasteiger partial charge in [-0.3, -0.25) is 0 Å². The van der Waals surface area contributed by atoms with Gasteiger partial charge in [0.15, 0.2) is 12.8 Å². The fourth-order valence-electron chi connectivity index (χ4n) is 3.93. The molecule has 2 heteroatoms. The summed E-state index contributed by atoms with van der Waals surface area (Å²) >= 11 is 0. The van der Waals surface area contributed by atoms with Crippen molar-refractivity contribution >= 4 is 0 Å². The molecule has 0 radical (unpaired) electrons. The molecule has 1 heterocycles. The van der Waals surface area contributed by atoms with Crippen LogP contribution in [-0.4, -0.2) is 4.57 Å². The zero-order chi connectivity index (χ0) is 17.4. The van der Waals surface area contributed by atoms with Crippen molar-refractivity contribution in [2.24, 2.45) is 0 Å². The lowest BCUT2D eigenvalue weighted by Gasteiger charge is -2.09. The second-order valence-corrected chi connectivity index (χ2v) is 6.83. The molecule has 0 amide bonds. The molecule has 2 aromatic carbocycles. The molecule has 0 N–H and O–H groups in total. The number of rotatable bonds is 3. The molecule has 24 heavy (non-hydrogen) atoms. The lowest BCUT2D eigenvalue weighted by molar-refractivity contribution is -0.602. The van der Waals surface area contributed by atoms with Gasteiger partial charge >= 0.3 is 0 Å². The van der Waals surface area contributed by atoms with Gasteiger partial charge in [-0.05, 0) is 44.2 Å². The van der Waals surface area contributed by atoms with Gasteiger partial charge in [0.25, 0.3) is 0 Å². The van der Waals surface area contributed by atoms with Crippen molar-refractivity contribution in [1.82, 2.24) is 4.57 Å². The van der Waals surface area contributed by atoms with E-state index in [1.807, 2.05) is 0 Å². The third-order valence-electron chi connectivity index (χ3n) is 5.22. The normalized spacial score (nSPS) is 15.7. The van der Waals surface area contributed by atoms with E-state index in [9.17, 15) is 0 Å². The first kappa shape index (κ1) is 14.0. The van der Waals surface area contributed by atoms with Crippen molar-refractivity contribution in [2.75, 3.05) is 0 Å². The minimum Gasteiger partial charge on any atom is -0.227 e. The standard InChI is InChI=1S/C22H25N2/c1-17-10-6-9-15-21(17)23-16-24(20-13-7-8-14-20)22(18(23)2)19-11-4-3-5-12-19/h3-6,9-12,15-16,20H,7-8,13-14H2,1-2H3/q+1/i16D. The number of nitrogens with zero attached hydrogens (tertiary/aromatic N) is 2. The number of hydrogen-bond acceptors (Lipinski definition) is 0. The zero-order valence-corrected chi connectivity index (χ0v) is 14.5. The highest BCUT2D eigenvalue weighted by molar-refractivity contribution is 5.61. The average Bonchev–Trinajstić information content (AvgIpc) is 3.23. The number of aryl methyl sites for hydroxylation is 1. The quantitative estimate of drug-likeness (QED) is 0.590. The maximum Gasteiger partial charge on any atom is 0.249 e. The summed E-state index contributed by atoms with van der Waals surface area (Å²) in [5, 5.41) is 0. The molecule has 0 spiro atoms. The second kappa shape index (κ2) is 6.27. The van der Waals surface area contributed by atoms with Crippen LogP contribution in [0.2, 0.25) is 0 Å². The highest BCUT2D eigenvalue weighted by Crippen LogP contribution is 2.34. The average molecular weight is 318 g/mol. The molecule has 0 bridgehead atoms. The molecule has 0 aliphatic heterocycles. The maximum absolute atomic E-state index is 8.98. The summed E-state index contributed by atoms with van der Waals surface area (Å²) in [6.45, 7) is 4.27. The Morgan fingerprint density at radius 2 is 1.62 bits per heavy atom. The van der Waals surface area contributed by atoms with Gasteiger partial charge in [-0.15, -0.1) is 0 Å². The third kappa shape index (κ3) is 2.56. The summed E-state index contributed by atoms with van der Waals surface area (Å²) in [5.41, 5.74) is 5.86. The molecule has 3 aromatic rings. The van der Waals surface area contributed by atoms with Gasteiger partial charge in [0.05, 0.1) is 0 Å². The van der Waals surface area contributed by atoms with Crippen LogP contribution in [0.15, 0.2) is 60.9 Å². The molecular formula is C22H25N2+. The summed E-state index contributed by atoms with van der Waals surface area (Å²) in [6.07, 6.45) is 5.47. The summed E-state index contributed by atoms with van der Waals surface area (Å²) in [7, 11) is 0. The summed E-state index contributed by atoms with van der Waals surface area (Å²) in [4.78, 5) is 0. The maximum atomic E-state index is 8.98. The van der Waals surface area contributed by atoms with Crippen LogP contribution in [0.4, 0.5) is 0 Å². The highest BCUT2D eigenvalue weighted by atomic mass is 15.2. The van der Waals surface area contributed by atoms with Crippen LogP contribution in [0.3, 0.4) is 0 Å². The smallest absolute Gasteiger partial charge is 0.227 e. The van der Waals surface area contributed by atoms with Crippen molar-refractivity contribution < 1.29 is 5.94 Å². The van der Waals surface area contributed by atoms with Crippen molar-refractivity contribution in [3.05, 3.63) is 72.2 Å². The lowest BCUT2D eigenvalue weighted by Crippen LogP contribution is -2.32. The van der Waals surface area contributed by atoms with Crippen molar-refractivity contribution in [3.63, 3.8) is 0 Å². The predicted octanol–water partition coefficient (Wildman–Crippen LogP) is 5.16. The van der Waals surface area contributed by atoms with Crippen LogP contribution < -0.4 is 4.57 Å². The van der Waals surface area contributed by atoms with E-state index in [0.717, 1.165) is 11.4 Å². The predicted molar refractivity (Wildman–Crippen MR) is 98.4 cm³/mol. The van der Waals surface area contributed by atoms with Crippen LogP contribution in [0.25, 0.3) is 16.9 Å². The molecule has 122 valence electrons. The van der Waals surface area contributed by atoms with Crippen LogP contribution >= 0.6 is 0 Å².